The zero-order valence-corrected chi connectivity index (χ0v) is 6.99. The van der Waals surface area contributed by atoms with Crippen LogP contribution in [-0.2, 0) is 4.79 Å². The van der Waals surface area contributed by atoms with Gasteiger partial charge >= 0.3 is 5.97 Å². The van der Waals surface area contributed by atoms with Crippen molar-refractivity contribution in [1.29, 1.82) is 0 Å². The maximum absolute atomic E-state index is 10.1. The second-order valence-corrected chi connectivity index (χ2v) is 2.98. The molecule has 0 aromatic carbocycles. The summed E-state index contributed by atoms with van der Waals surface area (Å²) in [7, 11) is 0. The Labute approximate surface area is 73.3 Å². The van der Waals surface area contributed by atoms with Gasteiger partial charge in [-0.1, -0.05) is 11.8 Å². The summed E-state index contributed by atoms with van der Waals surface area (Å²) in [5.41, 5.74) is 0. The van der Waals surface area contributed by atoms with Crippen molar-refractivity contribution in [3.8, 4) is 0 Å². The van der Waals surface area contributed by atoms with Crippen LogP contribution in [0.4, 0.5) is 0 Å². The normalized spacial score (nSPS) is 9.67. The van der Waals surface area contributed by atoms with Gasteiger partial charge in [0.25, 0.3) is 0 Å². The maximum atomic E-state index is 10.1. The van der Waals surface area contributed by atoms with Crippen LogP contribution >= 0.6 is 11.8 Å². The highest BCUT2D eigenvalue weighted by Gasteiger charge is 1.99. The third kappa shape index (κ3) is 3.29. The summed E-state index contributed by atoms with van der Waals surface area (Å²) in [4.78, 5) is 21.4. The summed E-state index contributed by atoms with van der Waals surface area (Å²) in [6.45, 7) is 0. The van der Waals surface area contributed by atoms with Crippen LogP contribution in [0.1, 0.15) is 6.42 Å². The van der Waals surface area contributed by atoms with Crippen LogP contribution in [0, 0.1) is 0 Å². The molecule has 0 saturated carbocycles. The minimum Gasteiger partial charge on any atom is -0.481 e. The summed E-state index contributed by atoms with van der Waals surface area (Å²) in [5, 5.41) is 8.89. The average Bonchev–Trinajstić information content (AvgIpc) is 2.05. The summed E-state index contributed by atoms with van der Waals surface area (Å²) >= 11 is 1.31. The quantitative estimate of drug-likeness (QED) is 0.686. The van der Waals surface area contributed by atoms with Crippen LogP contribution in [0.3, 0.4) is 0 Å². The van der Waals surface area contributed by atoms with Crippen molar-refractivity contribution in [2.45, 2.75) is 11.6 Å². The number of hydrogen-bond donors (Lipinski definition) is 1. The van der Waals surface area contributed by atoms with E-state index < -0.39 is 5.97 Å². The topological polar surface area (TPSA) is 76.0 Å². The SMILES string of the molecule is O=C(O)CCSc1ncncn1. The first kappa shape index (κ1) is 8.92. The zero-order chi connectivity index (χ0) is 8.81. The third-order valence-electron chi connectivity index (χ3n) is 1.02. The van der Waals surface area contributed by atoms with Crippen LogP contribution in [0.25, 0.3) is 0 Å². The van der Waals surface area contributed by atoms with Gasteiger partial charge in [0.1, 0.15) is 12.7 Å². The number of nitrogens with zero attached hydrogens (tertiary/aromatic N) is 3. The van der Waals surface area contributed by atoms with Gasteiger partial charge in [-0.3, -0.25) is 4.79 Å². The lowest BCUT2D eigenvalue weighted by atomic mass is 10.5. The molecule has 6 heteroatoms. The molecular weight excluding hydrogens is 178 g/mol. The smallest absolute Gasteiger partial charge is 0.304 e. The molecule has 0 fully saturated rings. The number of carboxylic acids is 1. The van der Waals surface area contributed by atoms with Crippen molar-refractivity contribution < 1.29 is 9.90 Å². The first-order chi connectivity index (χ1) is 5.79. The van der Waals surface area contributed by atoms with Crippen LogP contribution in [0.15, 0.2) is 17.8 Å². The summed E-state index contributed by atoms with van der Waals surface area (Å²) in [6, 6.07) is 0. The van der Waals surface area contributed by atoms with E-state index in [-0.39, 0.29) is 6.42 Å². The molecule has 1 aromatic heterocycles. The summed E-state index contributed by atoms with van der Waals surface area (Å²) in [5.74, 6) is -0.323. The van der Waals surface area contributed by atoms with Crippen LogP contribution in [0.5, 0.6) is 0 Å². The van der Waals surface area contributed by atoms with Gasteiger partial charge in [-0.25, -0.2) is 15.0 Å². The van der Waals surface area contributed by atoms with Gasteiger partial charge < -0.3 is 5.11 Å². The van der Waals surface area contributed by atoms with E-state index in [1.54, 1.807) is 0 Å². The largest absolute Gasteiger partial charge is 0.481 e. The standard InChI is InChI=1S/C6H7N3O2S/c10-5(11)1-2-12-6-8-3-7-4-9-6/h3-4H,1-2H2,(H,10,11). The highest BCUT2D eigenvalue weighted by atomic mass is 32.2. The zero-order valence-electron chi connectivity index (χ0n) is 6.17. The van der Waals surface area contributed by atoms with Gasteiger partial charge in [-0.15, -0.1) is 0 Å². The lowest BCUT2D eigenvalue weighted by Crippen LogP contribution is -1.96. The maximum Gasteiger partial charge on any atom is 0.304 e. The lowest BCUT2D eigenvalue weighted by molar-refractivity contribution is -0.136. The number of rotatable bonds is 4. The Morgan fingerprint density at radius 3 is 2.75 bits per heavy atom. The van der Waals surface area contributed by atoms with Crippen molar-refractivity contribution in [1.82, 2.24) is 15.0 Å². The lowest BCUT2D eigenvalue weighted by Gasteiger charge is -1.94. The van der Waals surface area contributed by atoms with Gasteiger partial charge in [0.15, 0.2) is 5.16 Å². The van der Waals surface area contributed by atoms with E-state index in [0.717, 1.165) is 0 Å². The van der Waals surface area contributed by atoms with Gasteiger partial charge in [-0.05, 0) is 0 Å². The molecular formula is C6H7N3O2S. The summed E-state index contributed by atoms with van der Waals surface area (Å²) in [6.07, 6.45) is 2.89. The molecule has 0 aliphatic rings. The Kier molecular flexibility index (Phi) is 3.46. The predicted octanol–water partition coefficient (Wildman–Crippen LogP) is 0.438. The fraction of sp³-hybridized carbons (Fsp3) is 0.333. The monoisotopic (exact) mass is 185 g/mol. The van der Waals surface area contributed by atoms with Crippen LogP contribution in [0.2, 0.25) is 0 Å². The molecule has 0 saturated heterocycles. The van der Waals surface area contributed by atoms with Crippen molar-refractivity contribution >= 4 is 17.7 Å². The molecule has 0 spiro atoms. The molecule has 1 rings (SSSR count). The third-order valence-corrected chi connectivity index (χ3v) is 1.89. The van der Waals surface area contributed by atoms with Gasteiger partial charge in [0.05, 0.1) is 6.42 Å². The minimum atomic E-state index is -0.809. The second kappa shape index (κ2) is 4.66. The Hall–Kier alpha value is -1.17. The molecule has 1 N–H and O–H groups in total. The van der Waals surface area contributed by atoms with Crippen molar-refractivity contribution in [3.63, 3.8) is 0 Å². The minimum absolute atomic E-state index is 0.121. The van der Waals surface area contributed by atoms with E-state index in [1.807, 2.05) is 0 Å². The van der Waals surface area contributed by atoms with Gasteiger partial charge in [0.2, 0.25) is 0 Å². The van der Waals surface area contributed by atoms with Crippen LogP contribution < -0.4 is 0 Å². The Morgan fingerprint density at radius 2 is 2.17 bits per heavy atom. The van der Waals surface area contributed by atoms with E-state index >= 15 is 0 Å². The van der Waals surface area contributed by atoms with E-state index in [9.17, 15) is 4.79 Å². The first-order valence-corrected chi connectivity index (χ1v) is 4.24. The average molecular weight is 185 g/mol. The summed E-state index contributed by atoms with van der Waals surface area (Å²) < 4.78 is 0. The van der Waals surface area contributed by atoms with E-state index in [4.69, 9.17) is 5.11 Å². The van der Waals surface area contributed by atoms with Crippen molar-refractivity contribution in [3.05, 3.63) is 12.7 Å². The molecule has 0 amide bonds. The van der Waals surface area contributed by atoms with Crippen molar-refractivity contribution in [2.24, 2.45) is 0 Å². The highest BCUT2D eigenvalue weighted by molar-refractivity contribution is 7.99. The second-order valence-electron chi connectivity index (χ2n) is 1.91. The molecule has 0 atom stereocenters. The fourth-order valence-electron chi connectivity index (χ4n) is 0.533. The van der Waals surface area contributed by atoms with Crippen LogP contribution in [-0.4, -0.2) is 31.8 Å². The predicted molar refractivity (Wildman–Crippen MR) is 42.8 cm³/mol. The Balaban J connectivity index is 2.29. The van der Waals surface area contributed by atoms with Crippen molar-refractivity contribution in [2.75, 3.05) is 5.75 Å². The number of hydrogen-bond acceptors (Lipinski definition) is 5. The molecule has 0 unspecified atom stereocenters. The number of aromatic nitrogens is 3. The number of thioether (sulfide) groups is 1. The van der Waals surface area contributed by atoms with Gasteiger partial charge in [0, 0.05) is 5.75 Å². The Bertz CT molecular complexity index is 254. The van der Waals surface area contributed by atoms with E-state index in [0.29, 0.717) is 10.9 Å². The molecule has 12 heavy (non-hydrogen) atoms. The highest BCUT2D eigenvalue weighted by Crippen LogP contribution is 2.10. The molecule has 1 aromatic rings. The number of carboxylic acid groups (broad SMARTS) is 1. The molecule has 1 heterocycles. The molecule has 0 bridgehead atoms. The number of aliphatic carboxylic acids is 1. The first-order valence-electron chi connectivity index (χ1n) is 3.25. The molecule has 0 aliphatic heterocycles. The fourth-order valence-corrected chi connectivity index (χ4v) is 1.24. The molecule has 0 radical (unpaired) electrons. The Morgan fingerprint density at radius 1 is 1.50 bits per heavy atom. The van der Waals surface area contributed by atoms with E-state index in [2.05, 4.69) is 15.0 Å². The molecule has 5 nitrogen and oxygen atoms in total. The van der Waals surface area contributed by atoms with Gasteiger partial charge in [-0.2, -0.15) is 0 Å². The van der Waals surface area contributed by atoms with E-state index in [1.165, 1.54) is 24.4 Å². The molecule has 0 aliphatic carbocycles. The number of carbonyl (C=O) groups is 1. The molecule has 64 valence electrons.